The molecule has 0 saturated heterocycles. The monoisotopic (exact) mass is 168 g/mol. The Labute approximate surface area is 73.0 Å². The number of fused-ring (bicyclic) bond motifs is 1. The van der Waals surface area contributed by atoms with Gasteiger partial charge in [-0.3, -0.25) is 4.79 Å². The zero-order valence-corrected chi connectivity index (χ0v) is 7.49. The van der Waals surface area contributed by atoms with Crippen LogP contribution in [0.25, 0.3) is 0 Å². The van der Waals surface area contributed by atoms with E-state index in [0.717, 1.165) is 18.8 Å². The van der Waals surface area contributed by atoms with Crippen molar-refractivity contribution < 1.29 is 9.90 Å². The topological polar surface area (TPSA) is 37.3 Å². The van der Waals surface area contributed by atoms with E-state index in [4.69, 9.17) is 5.11 Å². The summed E-state index contributed by atoms with van der Waals surface area (Å²) >= 11 is 0. The Kier molecular flexibility index (Phi) is 1.85. The number of hydrogen-bond acceptors (Lipinski definition) is 1. The molecular formula is C10H16O2. The Morgan fingerprint density at radius 1 is 1.33 bits per heavy atom. The molecule has 4 atom stereocenters. The van der Waals surface area contributed by atoms with Gasteiger partial charge in [-0.1, -0.05) is 13.3 Å². The van der Waals surface area contributed by atoms with E-state index in [-0.39, 0.29) is 5.92 Å². The van der Waals surface area contributed by atoms with E-state index in [1.807, 2.05) is 0 Å². The molecule has 0 bridgehead atoms. The molecule has 0 aromatic rings. The zero-order valence-electron chi connectivity index (χ0n) is 7.49. The molecule has 12 heavy (non-hydrogen) atoms. The number of carboxylic acid groups (broad SMARTS) is 1. The van der Waals surface area contributed by atoms with Gasteiger partial charge in [0.1, 0.15) is 0 Å². The quantitative estimate of drug-likeness (QED) is 0.651. The minimum absolute atomic E-state index is 0.0208. The van der Waals surface area contributed by atoms with Gasteiger partial charge >= 0.3 is 5.97 Å². The van der Waals surface area contributed by atoms with Crippen LogP contribution in [0.3, 0.4) is 0 Å². The first-order chi connectivity index (χ1) is 5.70. The van der Waals surface area contributed by atoms with E-state index in [1.165, 1.54) is 12.8 Å². The van der Waals surface area contributed by atoms with E-state index in [2.05, 4.69) is 6.92 Å². The highest BCUT2D eigenvalue weighted by atomic mass is 16.4. The Hall–Kier alpha value is -0.530. The molecule has 2 aliphatic carbocycles. The fraction of sp³-hybridized carbons (Fsp3) is 0.900. The molecular weight excluding hydrogens is 152 g/mol. The van der Waals surface area contributed by atoms with Crippen LogP contribution >= 0.6 is 0 Å². The lowest BCUT2D eigenvalue weighted by Crippen LogP contribution is -2.18. The molecule has 0 amide bonds. The molecule has 0 aliphatic heterocycles. The second-order valence-electron chi connectivity index (χ2n) is 4.42. The van der Waals surface area contributed by atoms with Crippen molar-refractivity contribution in [2.24, 2.45) is 23.7 Å². The molecule has 2 fully saturated rings. The minimum Gasteiger partial charge on any atom is -0.481 e. The normalized spacial score (nSPS) is 46.1. The van der Waals surface area contributed by atoms with Gasteiger partial charge in [0.05, 0.1) is 5.92 Å². The van der Waals surface area contributed by atoms with Crippen LogP contribution in [0.5, 0.6) is 0 Å². The second kappa shape index (κ2) is 2.75. The van der Waals surface area contributed by atoms with Gasteiger partial charge in [0.25, 0.3) is 0 Å². The van der Waals surface area contributed by atoms with Crippen LogP contribution in [0.15, 0.2) is 0 Å². The van der Waals surface area contributed by atoms with Gasteiger partial charge in [-0.2, -0.15) is 0 Å². The van der Waals surface area contributed by atoms with Crippen LogP contribution in [-0.2, 0) is 4.79 Å². The maximum Gasteiger partial charge on any atom is 0.306 e. The maximum atomic E-state index is 10.9. The standard InChI is InChI=1S/C10H16O2/c1-6-5-9(10(11)12)8-4-2-3-7(6)8/h6-9H,2-5H2,1H3,(H,11,12)/t6-,7+,8+,9+/m1/s1. The molecule has 0 spiro atoms. The Morgan fingerprint density at radius 2 is 2.00 bits per heavy atom. The first kappa shape index (κ1) is 8.09. The van der Waals surface area contributed by atoms with Crippen molar-refractivity contribution in [1.29, 1.82) is 0 Å². The SMILES string of the molecule is C[C@@H]1C[C@H](C(=O)O)[C@H]2CCC[C@H]21. The average molecular weight is 168 g/mol. The Balaban J connectivity index is 2.14. The fourth-order valence-corrected chi connectivity index (χ4v) is 3.26. The average Bonchev–Trinajstić information content (AvgIpc) is 2.53. The summed E-state index contributed by atoms with van der Waals surface area (Å²) in [6.07, 6.45) is 4.61. The van der Waals surface area contributed by atoms with Crippen molar-refractivity contribution in [3.8, 4) is 0 Å². The van der Waals surface area contributed by atoms with E-state index in [0.29, 0.717) is 11.8 Å². The molecule has 2 saturated carbocycles. The van der Waals surface area contributed by atoms with Crippen LogP contribution in [0.4, 0.5) is 0 Å². The van der Waals surface area contributed by atoms with Gasteiger partial charge in [0.2, 0.25) is 0 Å². The molecule has 2 nitrogen and oxygen atoms in total. The van der Waals surface area contributed by atoms with Crippen molar-refractivity contribution in [2.75, 3.05) is 0 Å². The Bertz CT molecular complexity index is 200. The lowest BCUT2D eigenvalue weighted by molar-refractivity contribution is -0.143. The number of rotatable bonds is 1. The zero-order chi connectivity index (χ0) is 8.72. The van der Waals surface area contributed by atoms with Crippen molar-refractivity contribution >= 4 is 5.97 Å². The first-order valence-corrected chi connectivity index (χ1v) is 4.93. The number of carbonyl (C=O) groups is 1. The molecule has 0 radical (unpaired) electrons. The van der Waals surface area contributed by atoms with E-state index in [9.17, 15) is 4.79 Å². The Morgan fingerprint density at radius 3 is 2.67 bits per heavy atom. The van der Waals surface area contributed by atoms with Crippen molar-refractivity contribution in [3.63, 3.8) is 0 Å². The van der Waals surface area contributed by atoms with Crippen molar-refractivity contribution in [1.82, 2.24) is 0 Å². The third kappa shape index (κ3) is 1.05. The van der Waals surface area contributed by atoms with Gasteiger partial charge in [-0.25, -0.2) is 0 Å². The summed E-state index contributed by atoms with van der Waals surface area (Å²) in [6, 6.07) is 0. The third-order valence-corrected chi connectivity index (χ3v) is 3.82. The predicted octanol–water partition coefficient (Wildman–Crippen LogP) is 2.14. The van der Waals surface area contributed by atoms with Crippen LogP contribution in [0.2, 0.25) is 0 Å². The summed E-state index contributed by atoms with van der Waals surface area (Å²) in [7, 11) is 0. The highest BCUT2D eigenvalue weighted by Crippen LogP contribution is 2.50. The summed E-state index contributed by atoms with van der Waals surface area (Å²) in [5.74, 6) is 1.31. The molecule has 68 valence electrons. The highest BCUT2D eigenvalue weighted by Gasteiger charge is 2.46. The molecule has 0 heterocycles. The van der Waals surface area contributed by atoms with Gasteiger partial charge in [0, 0.05) is 0 Å². The van der Waals surface area contributed by atoms with Gasteiger partial charge in [0.15, 0.2) is 0 Å². The first-order valence-electron chi connectivity index (χ1n) is 4.93. The molecule has 2 rings (SSSR count). The van der Waals surface area contributed by atoms with E-state index in [1.54, 1.807) is 0 Å². The molecule has 0 aromatic carbocycles. The number of aliphatic carboxylic acids is 1. The van der Waals surface area contributed by atoms with Crippen LogP contribution in [-0.4, -0.2) is 11.1 Å². The highest BCUT2D eigenvalue weighted by molar-refractivity contribution is 5.71. The van der Waals surface area contributed by atoms with Gasteiger partial charge in [-0.05, 0) is 37.0 Å². The molecule has 2 aliphatic rings. The van der Waals surface area contributed by atoms with E-state index < -0.39 is 5.97 Å². The molecule has 1 N–H and O–H groups in total. The van der Waals surface area contributed by atoms with Crippen LogP contribution in [0.1, 0.15) is 32.6 Å². The molecule has 2 heteroatoms. The largest absolute Gasteiger partial charge is 0.481 e. The van der Waals surface area contributed by atoms with Crippen molar-refractivity contribution in [2.45, 2.75) is 32.6 Å². The predicted molar refractivity (Wildman–Crippen MR) is 45.7 cm³/mol. The summed E-state index contributed by atoms with van der Waals surface area (Å²) < 4.78 is 0. The number of hydrogen-bond donors (Lipinski definition) is 1. The maximum absolute atomic E-state index is 10.9. The van der Waals surface area contributed by atoms with Crippen LogP contribution < -0.4 is 0 Å². The lowest BCUT2D eigenvalue weighted by Gasteiger charge is -2.14. The molecule has 0 unspecified atom stereocenters. The summed E-state index contributed by atoms with van der Waals surface area (Å²) in [5.41, 5.74) is 0. The van der Waals surface area contributed by atoms with Gasteiger partial charge < -0.3 is 5.11 Å². The summed E-state index contributed by atoms with van der Waals surface area (Å²) in [5, 5.41) is 8.98. The smallest absolute Gasteiger partial charge is 0.306 e. The number of carboxylic acids is 1. The lowest BCUT2D eigenvalue weighted by atomic mass is 9.91. The van der Waals surface area contributed by atoms with E-state index >= 15 is 0 Å². The van der Waals surface area contributed by atoms with Crippen LogP contribution in [0, 0.1) is 23.7 Å². The van der Waals surface area contributed by atoms with Gasteiger partial charge in [-0.15, -0.1) is 0 Å². The second-order valence-corrected chi connectivity index (χ2v) is 4.42. The molecule has 0 aromatic heterocycles. The third-order valence-electron chi connectivity index (χ3n) is 3.82. The summed E-state index contributed by atoms with van der Waals surface area (Å²) in [4.78, 5) is 10.9. The summed E-state index contributed by atoms with van der Waals surface area (Å²) in [6.45, 7) is 2.21. The van der Waals surface area contributed by atoms with Crippen molar-refractivity contribution in [3.05, 3.63) is 0 Å². The fourth-order valence-electron chi connectivity index (χ4n) is 3.26. The minimum atomic E-state index is -0.559.